The lowest BCUT2D eigenvalue weighted by atomic mass is 10.1. The van der Waals surface area contributed by atoms with Gasteiger partial charge in [-0.1, -0.05) is 24.3 Å². The van der Waals surface area contributed by atoms with Crippen molar-refractivity contribution in [2.45, 2.75) is 29.5 Å². The first-order valence-electron chi connectivity index (χ1n) is 7.12. The van der Waals surface area contributed by atoms with Gasteiger partial charge in [0.2, 0.25) is 0 Å². The Morgan fingerprint density at radius 2 is 1.74 bits per heavy atom. The standard InChI is InChI=1S/C17H14F3NOS/c18-17(19,20)14-4-2-1-3-12(14)16(22)21-15-9-13(15)10-5-7-11(23)8-6-10/h1-8,13,15,23H,9H2,(H,21,22)/t13-,15-/m1/s1. The van der Waals surface area contributed by atoms with Gasteiger partial charge in [0, 0.05) is 16.9 Å². The van der Waals surface area contributed by atoms with E-state index in [0.29, 0.717) is 0 Å². The molecule has 6 heteroatoms. The van der Waals surface area contributed by atoms with E-state index in [9.17, 15) is 18.0 Å². The zero-order chi connectivity index (χ0) is 16.6. The monoisotopic (exact) mass is 337 g/mol. The van der Waals surface area contributed by atoms with Gasteiger partial charge < -0.3 is 5.32 Å². The first-order valence-corrected chi connectivity index (χ1v) is 7.57. The maximum absolute atomic E-state index is 13.0. The number of carbonyl (C=O) groups excluding carboxylic acids is 1. The van der Waals surface area contributed by atoms with Crippen molar-refractivity contribution in [3.63, 3.8) is 0 Å². The van der Waals surface area contributed by atoms with Gasteiger partial charge in [0.1, 0.15) is 0 Å². The van der Waals surface area contributed by atoms with E-state index in [4.69, 9.17) is 0 Å². The van der Waals surface area contributed by atoms with Crippen molar-refractivity contribution in [2.24, 2.45) is 0 Å². The number of amides is 1. The number of rotatable bonds is 3. The van der Waals surface area contributed by atoms with Crippen molar-refractivity contribution in [2.75, 3.05) is 0 Å². The van der Waals surface area contributed by atoms with Crippen molar-refractivity contribution >= 4 is 18.5 Å². The van der Waals surface area contributed by atoms with Crippen LogP contribution in [0, 0.1) is 0 Å². The van der Waals surface area contributed by atoms with E-state index in [1.54, 1.807) is 0 Å². The zero-order valence-electron chi connectivity index (χ0n) is 12.0. The van der Waals surface area contributed by atoms with Crippen molar-refractivity contribution < 1.29 is 18.0 Å². The molecule has 1 amide bonds. The average Bonchev–Trinajstić information content (AvgIpc) is 3.26. The zero-order valence-corrected chi connectivity index (χ0v) is 12.9. The molecule has 1 saturated carbocycles. The maximum Gasteiger partial charge on any atom is 0.417 e. The molecule has 3 rings (SSSR count). The molecule has 2 nitrogen and oxygen atoms in total. The summed E-state index contributed by atoms with van der Waals surface area (Å²) in [4.78, 5) is 13.0. The van der Waals surface area contributed by atoms with Gasteiger partial charge in [0.15, 0.2) is 0 Å². The molecule has 23 heavy (non-hydrogen) atoms. The summed E-state index contributed by atoms with van der Waals surface area (Å²) in [6, 6.07) is 12.2. The van der Waals surface area contributed by atoms with E-state index in [2.05, 4.69) is 17.9 Å². The van der Waals surface area contributed by atoms with Crippen LogP contribution in [0.5, 0.6) is 0 Å². The van der Waals surface area contributed by atoms with E-state index in [0.717, 1.165) is 22.9 Å². The lowest BCUT2D eigenvalue weighted by Gasteiger charge is -2.12. The smallest absolute Gasteiger partial charge is 0.349 e. The molecule has 0 unspecified atom stereocenters. The summed E-state index contributed by atoms with van der Waals surface area (Å²) in [6.07, 6.45) is -3.81. The minimum absolute atomic E-state index is 0.130. The van der Waals surface area contributed by atoms with Crippen molar-refractivity contribution in [3.8, 4) is 0 Å². The number of benzene rings is 2. The fraction of sp³-hybridized carbons (Fsp3) is 0.235. The minimum Gasteiger partial charge on any atom is -0.349 e. The molecule has 0 radical (unpaired) electrons. The van der Waals surface area contributed by atoms with Gasteiger partial charge in [0.05, 0.1) is 11.1 Å². The van der Waals surface area contributed by atoms with Gasteiger partial charge in [-0.3, -0.25) is 4.79 Å². The van der Waals surface area contributed by atoms with Crippen LogP contribution in [-0.4, -0.2) is 11.9 Å². The summed E-state index contributed by atoms with van der Waals surface area (Å²) in [5, 5.41) is 2.69. The molecular formula is C17H14F3NOS. The van der Waals surface area contributed by atoms with Gasteiger partial charge >= 0.3 is 6.18 Å². The van der Waals surface area contributed by atoms with E-state index in [1.165, 1.54) is 18.2 Å². The predicted molar refractivity (Wildman–Crippen MR) is 83.8 cm³/mol. The molecule has 0 aliphatic heterocycles. The Labute approximate surface area is 137 Å². The van der Waals surface area contributed by atoms with E-state index in [-0.39, 0.29) is 17.5 Å². The van der Waals surface area contributed by atoms with Gasteiger partial charge in [0.25, 0.3) is 5.91 Å². The Kier molecular flexibility index (Phi) is 4.10. The summed E-state index contributed by atoms with van der Waals surface area (Å²) < 4.78 is 38.9. The van der Waals surface area contributed by atoms with E-state index < -0.39 is 17.6 Å². The average molecular weight is 337 g/mol. The molecule has 1 N–H and O–H groups in total. The van der Waals surface area contributed by atoms with Crippen LogP contribution in [0.1, 0.15) is 33.8 Å². The molecule has 1 aliphatic rings. The molecule has 120 valence electrons. The lowest BCUT2D eigenvalue weighted by molar-refractivity contribution is -0.137. The molecule has 0 aromatic heterocycles. The number of hydrogen-bond acceptors (Lipinski definition) is 2. The van der Waals surface area contributed by atoms with Crippen LogP contribution < -0.4 is 5.32 Å². The van der Waals surface area contributed by atoms with Crippen LogP contribution in [-0.2, 0) is 6.18 Å². The third-order valence-corrected chi connectivity index (χ3v) is 4.20. The molecule has 0 heterocycles. The summed E-state index contributed by atoms with van der Waals surface area (Å²) in [6.45, 7) is 0. The van der Waals surface area contributed by atoms with Crippen molar-refractivity contribution in [3.05, 3.63) is 65.2 Å². The third-order valence-electron chi connectivity index (χ3n) is 3.91. The highest BCUT2D eigenvalue weighted by Crippen LogP contribution is 2.41. The molecule has 0 bridgehead atoms. The molecule has 1 aliphatic carbocycles. The molecule has 2 atom stereocenters. The fourth-order valence-electron chi connectivity index (χ4n) is 2.62. The maximum atomic E-state index is 13.0. The molecule has 2 aromatic rings. The topological polar surface area (TPSA) is 29.1 Å². The molecule has 0 spiro atoms. The van der Waals surface area contributed by atoms with Crippen LogP contribution in [0.15, 0.2) is 53.4 Å². The molecule has 1 fully saturated rings. The predicted octanol–water partition coefficient (Wildman–Crippen LogP) is 4.28. The Bertz CT molecular complexity index is 727. The van der Waals surface area contributed by atoms with Gasteiger partial charge in [-0.15, -0.1) is 12.6 Å². The highest BCUT2D eigenvalue weighted by Gasteiger charge is 2.41. The molecule has 0 saturated heterocycles. The lowest BCUT2D eigenvalue weighted by Crippen LogP contribution is -2.28. The number of halogens is 3. The van der Waals surface area contributed by atoms with Crippen LogP contribution in [0.25, 0.3) is 0 Å². The van der Waals surface area contributed by atoms with Crippen molar-refractivity contribution in [1.29, 1.82) is 0 Å². The summed E-state index contributed by atoms with van der Waals surface area (Å²) in [7, 11) is 0. The number of nitrogens with one attached hydrogen (secondary N) is 1. The second-order valence-electron chi connectivity index (χ2n) is 5.56. The van der Waals surface area contributed by atoms with Crippen LogP contribution in [0.4, 0.5) is 13.2 Å². The van der Waals surface area contributed by atoms with Crippen molar-refractivity contribution in [1.82, 2.24) is 5.32 Å². The second kappa shape index (κ2) is 5.92. The first kappa shape index (κ1) is 15.9. The fourth-order valence-corrected chi connectivity index (χ4v) is 2.77. The van der Waals surface area contributed by atoms with Crippen LogP contribution in [0.3, 0.4) is 0 Å². The first-order chi connectivity index (χ1) is 10.9. The Hall–Kier alpha value is -1.95. The number of carbonyl (C=O) groups is 1. The quantitative estimate of drug-likeness (QED) is 0.804. The van der Waals surface area contributed by atoms with Crippen LogP contribution >= 0.6 is 12.6 Å². The van der Waals surface area contributed by atoms with Gasteiger partial charge in [-0.2, -0.15) is 13.2 Å². The number of hydrogen-bond donors (Lipinski definition) is 2. The Balaban J connectivity index is 1.71. The van der Waals surface area contributed by atoms with E-state index in [1.807, 2.05) is 24.3 Å². The highest BCUT2D eigenvalue weighted by molar-refractivity contribution is 7.80. The van der Waals surface area contributed by atoms with Gasteiger partial charge in [-0.25, -0.2) is 0 Å². The summed E-state index contributed by atoms with van der Waals surface area (Å²) >= 11 is 4.21. The third kappa shape index (κ3) is 3.52. The Morgan fingerprint density at radius 3 is 2.39 bits per heavy atom. The highest BCUT2D eigenvalue weighted by atomic mass is 32.1. The SMILES string of the molecule is O=C(N[C@@H]1C[C@@H]1c1ccc(S)cc1)c1ccccc1C(F)(F)F. The largest absolute Gasteiger partial charge is 0.417 e. The van der Waals surface area contributed by atoms with E-state index >= 15 is 0 Å². The molecular weight excluding hydrogens is 323 g/mol. The number of thiol groups is 1. The summed E-state index contributed by atoms with van der Waals surface area (Å²) in [5.41, 5.74) is -0.192. The number of alkyl halides is 3. The normalized spacial score (nSPS) is 20.2. The minimum atomic E-state index is -4.54. The second-order valence-corrected chi connectivity index (χ2v) is 6.07. The van der Waals surface area contributed by atoms with Gasteiger partial charge in [-0.05, 0) is 36.2 Å². The molecule has 2 aromatic carbocycles. The summed E-state index contributed by atoms with van der Waals surface area (Å²) in [5.74, 6) is -0.540. The Morgan fingerprint density at radius 1 is 1.09 bits per heavy atom. The van der Waals surface area contributed by atoms with Crippen LogP contribution in [0.2, 0.25) is 0 Å².